The first-order valence-corrected chi connectivity index (χ1v) is 12.9. The van der Waals surface area contributed by atoms with Crippen LogP contribution in [-0.4, -0.2) is 35.6 Å². The van der Waals surface area contributed by atoms with Crippen molar-refractivity contribution in [1.29, 1.82) is 0 Å². The molecule has 1 heterocycles. The van der Waals surface area contributed by atoms with Gasteiger partial charge >= 0.3 is 0 Å². The fourth-order valence-corrected chi connectivity index (χ4v) is 6.75. The van der Waals surface area contributed by atoms with E-state index < -0.39 is 31.9 Å². The highest BCUT2D eigenvalue weighted by Crippen LogP contribution is 2.36. The van der Waals surface area contributed by atoms with Gasteiger partial charge in [-0.2, -0.15) is 0 Å². The third-order valence-corrected chi connectivity index (χ3v) is 8.43. The topological polar surface area (TPSA) is 110 Å². The Balaban J connectivity index is 2.13. The van der Waals surface area contributed by atoms with Crippen LogP contribution in [0.15, 0.2) is 41.3 Å². The Morgan fingerprint density at radius 1 is 1.19 bits per heavy atom. The van der Waals surface area contributed by atoms with Gasteiger partial charge in [0.25, 0.3) is 10.0 Å². The molecule has 168 valence electrons. The van der Waals surface area contributed by atoms with Gasteiger partial charge in [0.2, 0.25) is 15.9 Å². The van der Waals surface area contributed by atoms with Gasteiger partial charge in [-0.3, -0.25) is 9.52 Å². The van der Waals surface area contributed by atoms with Crippen molar-refractivity contribution >= 4 is 37.3 Å². The molecule has 1 aliphatic heterocycles. The zero-order valence-corrected chi connectivity index (χ0v) is 19.7. The molecule has 0 bridgehead atoms. The van der Waals surface area contributed by atoms with Gasteiger partial charge < -0.3 is 4.74 Å². The van der Waals surface area contributed by atoms with Crippen molar-refractivity contribution in [2.75, 3.05) is 21.9 Å². The quantitative estimate of drug-likeness (QED) is 0.700. The molecule has 1 atom stereocenters. The predicted molar refractivity (Wildman–Crippen MR) is 120 cm³/mol. The summed E-state index contributed by atoms with van der Waals surface area (Å²) in [6.45, 7) is 7.24. The second-order valence-electron chi connectivity index (χ2n) is 7.92. The Morgan fingerprint density at radius 2 is 1.87 bits per heavy atom. The molecule has 0 radical (unpaired) electrons. The minimum absolute atomic E-state index is 0.0352. The van der Waals surface area contributed by atoms with Crippen molar-refractivity contribution in [1.82, 2.24) is 0 Å². The number of sulfonamides is 2. The molecule has 31 heavy (non-hydrogen) atoms. The maximum atomic E-state index is 13.3. The Hall–Kier alpha value is -2.59. The average molecular weight is 467 g/mol. The minimum Gasteiger partial charge on any atom is -0.495 e. The van der Waals surface area contributed by atoms with Crippen LogP contribution in [0.1, 0.15) is 37.8 Å². The molecule has 0 spiro atoms. The third kappa shape index (κ3) is 4.27. The number of para-hydroxylation sites is 1. The van der Waals surface area contributed by atoms with Gasteiger partial charge in [-0.25, -0.2) is 21.1 Å². The molecule has 1 fully saturated rings. The molecule has 1 aliphatic rings. The van der Waals surface area contributed by atoms with Crippen molar-refractivity contribution < 1.29 is 26.4 Å². The lowest BCUT2D eigenvalue weighted by Gasteiger charge is -2.20. The molecule has 2 aromatic rings. The van der Waals surface area contributed by atoms with Crippen LogP contribution in [0.3, 0.4) is 0 Å². The fourth-order valence-electron chi connectivity index (χ4n) is 3.59. The molecule has 3 rings (SSSR count). The molecule has 0 aromatic heterocycles. The van der Waals surface area contributed by atoms with Gasteiger partial charge in [-0.05, 0) is 42.2 Å². The number of ether oxygens (including phenoxy) is 1. The smallest absolute Gasteiger partial charge is 0.265 e. The van der Waals surface area contributed by atoms with Gasteiger partial charge in [0.05, 0.1) is 30.2 Å². The van der Waals surface area contributed by atoms with E-state index in [9.17, 15) is 21.6 Å². The molecule has 10 heteroatoms. The lowest BCUT2D eigenvalue weighted by atomic mass is 9.99. The van der Waals surface area contributed by atoms with E-state index in [0.717, 1.165) is 17.2 Å². The van der Waals surface area contributed by atoms with E-state index in [1.165, 1.54) is 26.2 Å². The summed E-state index contributed by atoms with van der Waals surface area (Å²) in [5.74, 6) is -1.51. The van der Waals surface area contributed by atoms with Crippen molar-refractivity contribution in [2.24, 2.45) is 5.92 Å². The van der Waals surface area contributed by atoms with Crippen LogP contribution in [0.5, 0.6) is 5.75 Å². The van der Waals surface area contributed by atoms with E-state index in [0.29, 0.717) is 9.99 Å². The van der Waals surface area contributed by atoms with Crippen LogP contribution in [-0.2, 0) is 24.8 Å². The number of nitrogens with zero attached hydrogens (tertiary/aromatic N) is 1. The number of hydrogen-bond acceptors (Lipinski definition) is 6. The highest BCUT2D eigenvalue weighted by molar-refractivity contribution is 7.94. The Bertz CT molecular complexity index is 1240. The van der Waals surface area contributed by atoms with E-state index >= 15 is 0 Å². The summed E-state index contributed by atoms with van der Waals surface area (Å²) < 4.78 is 60.1. The Morgan fingerprint density at radius 3 is 2.42 bits per heavy atom. The SMILES string of the molecule is COc1ccc(N2C(=O)C(C)CS2(=O)=O)cc1S(=O)(=O)Nc1c(C)cccc1C(C)C. The largest absolute Gasteiger partial charge is 0.495 e. The highest BCUT2D eigenvalue weighted by atomic mass is 32.2. The summed E-state index contributed by atoms with van der Waals surface area (Å²) in [6, 6.07) is 9.36. The number of methoxy groups -OCH3 is 1. The molecule has 1 amide bonds. The number of nitrogens with one attached hydrogen (secondary N) is 1. The number of rotatable bonds is 6. The first-order chi connectivity index (χ1) is 14.4. The first-order valence-electron chi connectivity index (χ1n) is 9.76. The van der Waals surface area contributed by atoms with Crippen LogP contribution >= 0.6 is 0 Å². The summed E-state index contributed by atoms with van der Waals surface area (Å²) in [4.78, 5) is 12.2. The second kappa shape index (κ2) is 8.16. The molecule has 1 N–H and O–H groups in total. The number of anilines is 2. The predicted octanol–water partition coefficient (Wildman–Crippen LogP) is 3.24. The molecule has 0 aliphatic carbocycles. The molecular formula is C21H26N2O6S2. The minimum atomic E-state index is -4.16. The van der Waals surface area contributed by atoms with Gasteiger partial charge in [0, 0.05) is 0 Å². The highest BCUT2D eigenvalue weighted by Gasteiger charge is 2.42. The van der Waals surface area contributed by atoms with Crippen LogP contribution in [0, 0.1) is 12.8 Å². The van der Waals surface area contributed by atoms with Crippen molar-refractivity contribution in [3.05, 3.63) is 47.5 Å². The van der Waals surface area contributed by atoms with E-state index in [1.807, 2.05) is 26.0 Å². The molecule has 0 saturated carbocycles. The zero-order valence-electron chi connectivity index (χ0n) is 18.0. The number of hydrogen-bond donors (Lipinski definition) is 1. The number of benzene rings is 2. The van der Waals surface area contributed by atoms with E-state index in [4.69, 9.17) is 4.74 Å². The van der Waals surface area contributed by atoms with Crippen molar-refractivity contribution in [3.63, 3.8) is 0 Å². The molecule has 1 saturated heterocycles. The second-order valence-corrected chi connectivity index (χ2v) is 11.4. The molecule has 8 nitrogen and oxygen atoms in total. The van der Waals surface area contributed by atoms with Crippen molar-refractivity contribution in [3.8, 4) is 5.75 Å². The van der Waals surface area contributed by atoms with Gasteiger partial charge in [-0.1, -0.05) is 39.0 Å². The average Bonchev–Trinajstić information content (AvgIpc) is 2.89. The molecule has 2 aromatic carbocycles. The number of amides is 1. The van der Waals surface area contributed by atoms with Gasteiger partial charge in [0.1, 0.15) is 10.6 Å². The third-order valence-electron chi connectivity index (χ3n) is 5.20. The number of carbonyl (C=O) groups is 1. The van der Waals surface area contributed by atoms with Crippen molar-refractivity contribution in [2.45, 2.75) is 38.5 Å². The normalized spacial score (nSPS) is 18.5. The van der Waals surface area contributed by atoms with E-state index in [2.05, 4.69) is 4.72 Å². The van der Waals surface area contributed by atoms with Crippen LogP contribution in [0.4, 0.5) is 11.4 Å². The molecule has 1 unspecified atom stereocenters. The number of carbonyl (C=O) groups excluding carboxylic acids is 1. The maximum absolute atomic E-state index is 13.3. The molecular weight excluding hydrogens is 440 g/mol. The Kier molecular flexibility index (Phi) is 6.07. The summed E-state index contributed by atoms with van der Waals surface area (Å²) >= 11 is 0. The van der Waals surface area contributed by atoms with Crippen LogP contribution < -0.4 is 13.8 Å². The summed E-state index contributed by atoms with van der Waals surface area (Å²) in [6.07, 6.45) is 0. The Labute approximate surface area is 183 Å². The van der Waals surface area contributed by atoms with Crippen LogP contribution in [0.2, 0.25) is 0 Å². The standard InChI is InChI=1S/C21H26N2O6S2/c1-13(2)17-8-6-7-14(3)20(17)22-31(27,28)19-11-16(9-10-18(19)29-5)23-21(24)15(4)12-30(23,25)26/h6-11,13,15,22H,12H2,1-5H3. The first kappa shape index (κ1) is 23.1. The lowest BCUT2D eigenvalue weighted by molar-refractivity contribution is -0.119. The fraction of sp³-hybridized carbons (Fsp3) is 0.381. The van der Waals surface area contributed by atoms with Gasteiger partial charge in [-0.15, -0.1) is 0 Å². The zero-order chi connectivity index (χ0) is 23.1. The number of aryl methyl sites for hydroxylation is 1. The van der Waals surface area contributed by atoms with Crippen LogP contribution in [0.25, 0.3) is 0 Å². The van der Waals surface area contributed by atoms with E-state index in [-0.39, 0.29) is 28.0 Å². The van der Waals surface area contributed by atoms with E-state index in [1.54, 1.807) is 13.0 Å². The maximum Gasteiger partial charge on any atom is 0.265 e. The van der Waals surface area contributed by atoms with Gasteiger partial charge in [0.15, 0.2) is 0 Å². The monoisotopic (exact) mass is 466 g/mol. The summed E-state index contributed by atoms with van der Waals surface area (Å²) in [7, 11) is -6.72. The lowest BCUT2D eigenvalue weighted by Crippen LogP contribution is -2.30. The summed E-state index contributed by atoms with van der Waals surface area (Å²) in [5.41, 5.74) is 1.99. The summed E-state index contributed by atoms with van der Waals surface area (Å²) in [5, 5.41) is 0.